The molecule has 0 bridgehead atoms. The molecule has 0 aliphatic carbocycles. The van der Waals surface area contributed by atoms with Gasteiger partial charge < -0.3 is 19.7 Å². The van der Waals surface area contributed by atoms with Crippen LogP contribution in [0.5, 0.6) is 5.75 Å². The Morgan fingerprint density at radius 3 is 2.88 bits per heavy atom. The Hall–Kier alpha value is -3.13. The number of aromatic nitrogens is 3. The highest BCUT2D eigenvalue weighted by Gasteiger charge is 2.22. The van der Waals surface area contributed by atoms with Crippen molar-refractivity contribution in [2.45, 2.75) is 57.3 Å². The molecule has 2 aliphatic heterocycles. The Morgan fingerprint density at radius 1 is 1.12 bits per heavy atom. The van der Waals surface area contributed by atoms with Gasteiger partial charge in [-0.15, -0.1) is 12.4 Å². The molecule has 0 spiro atoms. The summed E-state index contributed by atoms with van der Waals surface area (Å²) in [5.41, 5.74) is 4.44. The lowest BCUT2D eigenvalue weighted by Crippen LogP contribution is -2.14. The number of rotatable bonds is 9. The molecule has 1 unspecified atom stereocenters. The van der Waals surface area contributed by atoms with Crippen molar-refractivity contribution in [3.8, 4) is 5.75 Å². The van der Waals surface area contributed by atoms with Crippen LogP contribution in [0.3, 0.4) is 0 Å². The molecule has 34 heavy (non-hydrogen) atoms. The van der Waals surface area contributed by atoms with Crippen LogP contribution < -0.4 is 10.1 Å². The minimum Gasteiger partial charge on any atom is -0.493 e. The van der Waals surface area contributed by atoms with Crippen molar-refractivity contribution in [1.82, 2.24) is 15.1 Å². The highest BCUT2D eigenvalue weighted by Crippen LogP contribution is 2.32. The lowest BCUT2D eigenvalue weighted by atomic mass is 9.91. The molecule has 1 aromatic carbocycles. The monoisotopic (exact) mass is 484 g/mol. The van der Waals surface area contributed by atoms with Crippen LogP contribution in [0.15, 0.2) is 34.9 Å². The number of carboxylic acid groups (broad SMARTS) is 1. The number of hydrogen-bond acceptors (Lipinski definition) is 7. The number of hydrogen-bond donors (Lipinski definition) is 2. The molecular weight excluding hydrogens is 456 g/mol. The van der Waals surface area contributed by atoms with E-state index in [9.17, 15) is 9.90 Å². The number of aliphatic carboxylic acids is 1. The average Bonchev–Trinajstić information content (AvgIpc) is 3.47. The van der Waals surface area contributed by atoms with Gasteiger partial charge in [-0.25, -0.2) is 4.98 Å². The molecular formula is C25H29ClN4O4. The Labute approximate surface area is 204 Å². The summed E-state index contributed by atoms with van der Waals surface area (Å²) in [6.45, 7) is 1.66. The number of aryl methyl sites for hydroxylation is 3. The van der Waals surface area contributed by atoms with Gasteiger partial charge in [-0.05, 0) is 54.5 Å². The summed E-state index contributed by atoms with van der Waals surface area (Å²) < 4.78 is 11.1. The second kappa shape index (κ2) is 10.9. The van der Waals surface area contributed by atoms with Gasteiger partial charge >= 0.3 is 5.97 Å². The third-order valence-electron chi connectivity index (χ3n) is 6.33. The lowest BCUT2D eigenvalue weighted by molar-refractivity contribution is -0.137. The van der Waals surface area contributed by atoms with Crippen LogP contribution >= 0.6 is 12.4 Å². The summed E-state index contributed by atoms with van der Waals surface area (Å²) in [5.74, 6) is 1.87. The molecule has 8 nitrogen and oxygen atoms in total. The van der Waals surface area contributed by atoms with Crippen molar-refractivity contribution in [2.75, 3.05) is 18.5 Å². The molecule has 0 fully saturated rings. The normalized spacial score (nSPS) is 14.8. The Bertz CT molecular complexity index is 1150. The van der Waals surface area contributed by atoms with Gasteiger partial charge in [-0.1, -0.05) is 23.4 Å². The fourth-order valence-electron chi connectivity index (χ4n) is 4.58. The van der Waals surface area contributed by atoms with Crippen LogP contribution in [-0.4, -0.2) is 39.4 Å². The van der Waals surface area contributed by atoms with E-state index in [-0.39, 0.29) is 24.7 Å². The number of nitrogens with zero attached hydrogens (tertiary/aromatic N) is 3. The van der Waals surface area contributed by atoms with E-state index >= 15 is 0 Å². The summed E-state index contributed by atoms with van der Waals surface area (Å²) >= 11 is 0. The van der Waals surface area contributed by atoms with Crippen LogP contribution in [0, 0.1) is 0 Å². The fraction of sp³-hybridized carbons (Fsp3) is 0.440. The fourth-order valence-corrected chi connectivity index (χ4v) is 4.58. The van der Waals surface area contributed by atoms with Gasteiger partial charge in [0.05, 0.1) is 13.0 Å². The van der Waals surface area contributed by atoms with Crippen molar-refractivity contribution in [3.05, 3.63) is 64.4 Å². The molecule has 4 heterocycles. The standard InChI is InChI=1S/C25H28N4O4.ClH/c30-24(31)15-19(18-7-6-16-10-12-32-21(16)13-18)14-23-28-22(29-33-23)5-1-4-20-9-8-17-3-2-11-26-25(17)27-20;/h6-9,13,19H,1-5,10-12,14-15H2,(H,26,27)(H,30,31);1H. The summed E-state index contributed by atoms with van der Waals surface area (Å²) in [6.07, 6.45) is 5.91. The molecule has 2 aromatic heterocycles. The smallest absolute Gasteiger partial charge is 0.303 e. The molecule has 1 atom stereocenters. The maximum atomic E-state index is 11.5. The largest absolute Gasteiger partial charge is 0.493 e. The van der Waals surface area contributed by atoms with Gasteiger partial charge in [0.15, 0.2) is 5.82 Å². The van der Waals surface area contributed by atoms with E-state index in [2.05, 4.69) is 27.6 Å². The number of anilines is 1. The average molecular weight is 485 g/mol. The third kappa shape index (κ3) is 5.67. The highest BCUT2D eigenvalue weighted by atomic mass is 35.5. The molecule has 2 aliphatic rings. The van der Waals surface area contributed by atoms with Crippen LogP contribution in [0.2, 0.25) is 0 Å². The SMILES string of the molecule is Cl.O=C(O)CC(Cc1nc(CCCc2ccc3c(n2)NCCC3)no1)c1ccc2c(c1)OCC2. The number of fused-ring (bicyclic) bond motifs is 2. The third-order valence-corrected chi connectivity index (χ3v) is 6.33. The van der Waals surface area contributed by atoms with Crippen LogP contribution in [0.4, 0.5) is 5.82 Å². The predicted octanol–water partition coefficient (Wildman–Crippen LogP) is 4.16. The number of benzene rings is 1. The summed E-state index contributed by atoms with van der Waals surface area (Å²) in [7, 11) is 0. The van der Waals surface area contributed by atoms with Crippen molar-refractivity contribution in [1.29, 1.82) is 0 Å². The zero-order valence-electron chi connectivity index (χ0n) is 19.0. The number of pyridine rings is 1. The molecule has 9 heteroatoms. The predicted molar refractivity (Wildman–Crippen MR) is 129 cm³/mol. The molecule has 5 rings (SSSR count). The van der Waals surface area contributed by atoms with Gasteiger partial charge in [-0.2, -0.15) is 4.98 Å². The quantitative estimate of drug-likeness (QED) is 0.466. The maximum Gasteiger partial charge on any atom is 0.303 e. The molecule has 3 aromatic rings. The minimum atomic E-state index is -0.854. The van der Waals surface area contributed by atoms with Gasteiger partial charge in [0.2, 0.25) is 5.89 Å². The zero-order valence-corrected chi connectivity index (χ0v) is 19.8. The highest BCUT2D eigenvalue weighted by molar-refractivity contribution is 5.85. The van der Waals surface area contributed by atoms with Crippen molar-refractivity contribution < 1.29 is 19.2 Å². The topological polar surface area (TPSA) is 110 Å². The number of carboxylic acids is 1. The first-order chi connectivity index (χ1) is 16.1. The summed E-state index contributed by atoms with van der Waals surface area (Å²) in [4.78, 5) is 20.7. The molecule has 0 saturated carbocycles. The van der Waals surface area contributed by atoms with E-state index in [0.717, 1.165) is 67.0 Å². The zero-order chi connectivity index (χ0) is 22.6. The Morgan fingerprint density at radius 2 is 2.00 bits per heavy atom. The van der Waals surface area contributed by atoms with Crippen molar-refractivity contribution in [2.24, 2.45) is 0 Å². The number of carbonyl (C=O) groups is 1. The molecule has 0 amide bonds. The first-order valence-electron chi connectivity index (χ1n) is 11.7. The molecule has 0 radical (unpaired) electrons. The summed E-state index contributed by atoms with van der Waals surface area (Å²) in [5, 5.41) is 16.9. The maximum absolute atomic E-state index is 11.5. The van der Waals surface area contributed by atoms with Crippen LogP contribution in [0.25, 0.3) is 0 Å². The van der Waals surface area contributed by atoms with Crippen LogP contribution in [0.1, 0.15) is 59.3 Å². The van der Waals surface area contributed by atoms with Gasteiger partial charge in [0.1, 0.15) is 11.6 Å². The van der Waals surface area contributed by atoms with Crippen molar-refractivity contribution >= 4 is 24.2 Å². The number of nitrogens with one attached hydrogen (secondary N) is 1. The molecule has 2 N–H and O–H groups in total. The van der Waals surface area contributed by atoms with E-state index in [1.807, 2.05) is 18.2 Å². The second-order valence-corrected chi connectivity index (χ2v) is 8.76. The Kier molecular flexibility index (Phi) is 7.67. The number of halogens is 1. The van der Waals surface area contributed by atoms with E-state index < -0.39 is 5.97 Å². The van der Waals surface area contributed by atoms with E-state index in [1.54, 1.807) is 0 Å². The first kappa shape index (κ1) is 24.0. The van der Waals surface area contributed by atoms with E-state index in [4.69, 9.17) is 14.2 Å². The first-order valence-corrected chi connectivity index (χ1v) is 11.7. The van der Waals surface area contributed by atoms with E-state index in [1.165, 1.54) is 5.56 Å². The lowest BCUT2D eigenvalue weighted by Gasteiger charge is -2.17. The van der Waals surface area contributed by atoms with Crippen LogP contribution in [-0.2, 0) is 36.9 Å². The number of ether oxygens (including phenoxy) is 1. The van der Waals surface area contributed by atoms with Gasteiger partial charge in [0.25, 0.3) is 0 Å². The second-order valence-electron chi connectivity index (χ2n) is 8.76. The van der Waals surface area contributed by atoms with Gasteiger partial charge in [-0.3, -0.25) is 4.79 Å². The minimum absolute atomic E-state index is 0. The van der Waals surface area contributed by atoms with Crippen molar-refractivity contribution in [3.63, 3.8) is 0 Å². The van der Waals surface area contributed by atoms with Gasteiger partial charge in [0, 0.05) is 37.4 Å². The van der Waals surface area contributed by atoms with E-state index in [0.29, 0.717) is 31.2 Å². The Balaban J connectivity index is 0.00000274. The summed E-state index contributed by atoms with van der Waals surface area (Å²) in [6, 6.07) is 10.2. The molecule has 180 valence electrons. The molecule has 0 saturated heterocycles.